The van der Waals surface area contributed by atoms with Gasteiger partial charge < -0.3 is 9.47 Å². The molecule has 0 fully saturated rings. The fourth-order valence-electron chi connectivity index (χ4n) is 3.87. The first-order valence-corrected chi connectivity index (χ1v) is 13.1. The van der Waals surface area contributed by atoms with Gasteiger partial charge in [0.2, 0.25) is 0 Å². The van der Waals surface area contributed by atoms with Gasteiger partial charge in [-0.05, 0) is 54.0 Å². The van der Waals surface area contributed by atoms with Gasteiger partial charge in [0.1, 0.15) is 12.4 Å². The minimum Gasteiger partial charge on any atom is -0.490 e. The zero-order chi connectivity index (χ0) is 25.9. The third kappa shape index (κ3) is 5.30. The maximum Gasteiger partial charge on any atom is 0.283 e. The largest absolute Gasteiger partial charge is 0.490 e. The van der Waals surface area contributed by atoms with Crippen LogP contribution in [0, 0.1) is 5.41 Å². The highest BCUT2D eigenvalue weighted by Crippen LogP contribution is 2.38. The lowest BCUT2D eigenvalue weighted by atomic mass is 10.1. The van der Waals surface area contributed by atoms with Crippen molar-refractivity contribution in [3.63, 3.8) is 0 Å². The molecule has 6 nitrogen and oxygen atoms in total. The normalized spacial score (nSPS) is 16.0. The highest BCUT2D eigenvalue weighted by Gasteiger charge is 2.36. The fraction of sp³-hybridized carbons (Fsp3) is 0.107. The summed E-state index contributed by atoms with van der Waals surface area (Å²) in [6.45, 7) is 2.59. The van der Waals surface area contributed by atoms with E-state index in [4.69, 9.17) is 38.1 Å². The van der Waals surface area contributed by atoms with Crippen LogP contribution in [-0.2, 0) is 11.4 Å². The minimum absolute atomic E-state index is 0.0769. The molecule has 0 spiro atoms. The molecule has 0 saturated carbocycles. The maximum atomic E-state index is 12.8. The Bertz CT molecular complexity index is 1490. The number of carbonyl (C=O) groups is 1. The number of hydrogen-bond donors (Lipinski definition) is 1. The number of amides is 1. The second-order valence-corrected chi connectivity index (χ2v) is 9.76. The van der Waals surface area contributed by atoms with Gasteiger partial charge in [0.25, 0.3) is 5.91 Å². The van der Waals surface area contributed by atoms with Crippen molar-refractivity contribution in [1.82, 2.24) is 4.90 Å². The zero-order valence-electron chi connectivity index (χ0n) is 19.7. The lowest BCUT2D eigenvalue weighted by Gasteiger charge is -2.27. The highest BCUT2D eigenvalue weighted by atomic mass is 35.5. The van der Waals surface area contributed by atoms with Crippen molar-refractivity contribution in [2.75, 3.05) is 6.61 Å². The molecule has 2 aliphatic rings. The van der Waals surface area contributed by atoms with Gasteiger partial charge in [-0.25, -0.2) is 0 Å². The zero-order valence-corrected chi connectivity index (χ0v) is 22.0. The van der Waals surface area contributed by atoms with Crippen LogP contribution < -0.4 is 9.47 Å². The van der Waals surface area contributed by atoms with Gasteiger partial charge in [-0.2, -0.15) is 4.99 Å². The van der Waals surface area contributed by atoms with Gasteiger partial charge >= 0.3 is 0 Å². The molecular weight excluding hydrogens is 529 g/mol. The van der Waals surface area contributed by atoms with Gasteiger partial charge in [0.05, 0.1) is 27.9 Å². The molecular formula is C28H21Cl2N3O3S. The second-order valence-electron chi connectivity index (χ2n) is 8.10. The van der Waals surface area contributed by atoms with E-state index in [2.05, 4.69) is 4.99 Å². The molecule has 2 aliphatic heterocycles. The van der Waals surface area contributed by atoms with E-state index in [1.807, 2.05) is 54.8 Å². The maximum absolute atomic E-state index is 12.8. The summed E-state index contributed by atoms with van der Waals surface area (Å²) in [5, 5.41) is 12.2. The Morgan fingerprint density at radius 3 is 2.57 bits per heavy atom. The number of fused-ring (bicyclic) bond motifs is 1. The predicted molar refractivity (Wildman–Crippen MR) is 150 cm³/mol. The first-order chi connectivity index (χ1) is 17.9. The minimum atomic E-state index is -0.454. The first-order valence-electron chi connectivity index (χ1n) is 11.4. The summed E-state index contributed by atoms with van der Waals surface area (Å²) in [7, 11) is 0. The molecule has 5 rings (SSSR count). The molecule has 9 heteroatoms. The van der Waals surface area contributed by atoms with Crippen molar-refractivity contribution in [2.24, 2.45) is 4.99 Å². The number of halogens is 2. The van der Waals surface area contributed by atoms with E-state index >= 15 is 0 Å². The molecule has 186 valence electrons. The molecule has 1 amide bonds. The Balaban J connectivity index is 1.41. The van der Waals surface area contributed by atoms with Crippen LogP contribution in [0.15, 0.2) is 82.7 Å². The number of aliphatic imine (C=N–C) groups is 1. The molecule has 3 aromatic carbocycles. The van der Waals surface area contributed by atoms with Crippen LogP contribution in [0.5, 0.6) is 11.5 Å². The summed E-state index contributed by atoms with van der Waals surface area (Å²) in [4.78, 5) is 18.8. The van der Waals surface area contributed by atoms with E-state index in [-0.39, 0.29) is 18.0 Å². The monoisotopic (exact) mass is 549 g/mol. The molecule has 1 N–H and O–H groups in total. The summed E-state index contributed by atoms with van der Waals surface area (Å²) >= 11 is 13.4. The van der Waals surface area contributed by atoms with Gasteiger partial charge in [-0.15, -0.1) is 0 Å². The molecule has 0 radical (unpaired) electrons. The van der Waals surface area contributed by atoms with E-state index in [0.717, 1.165) is 16.8 Å². The van der Waals surface area contributed by atoms with Crippen molar-refractivity contribution in [3.8, 4) is 11.5 Å². The number of nitrogens with one attached hydrogen (secondary N) is 1. The number of nitrogens with zero attached hydrogens (tertiary/aromatic N) is 2. The van der Waals surface area contributed by atoms with Crippen LogP contribution in [0.4, 0.5) is 0 Å². The Morgan fingerprint density at radius 1 is 1.00 bits per heavy atom. The Morgan fingerprint density at radius 2 is 1.81 bits per heavy atom. The standard InChI is InChI=1S/C28H21Cl2N3O3S/c1-2-35-25-14-17(9-11-24(25)36-15-18-8-10-21(29)22(30)13-18)12-20-26(31)33-23(19-6-4-3-5-7-19)16-37-28(33)32-27(20)34/h3-14,16,31H,2,15H2,1H3/b20-12+,31-26?. The van der Waals surface area contributed by atoms with Gasteiger partial charge in [-0.3, -0.25) is 15.1 Å². The lowest BCUT2D eigenvalue weighted by Crippen LogP contribution is -2.38. The highest BCUT2D eigenvalue weighted by molar-refractivity contribution is 8.17. The molecule has 37 heavy (non-hydrogen) atoms. The van der Waals surface area contributed by atoms with Crippen LogP contribution in [0.25, 0.3) is 11.8 Å². The van der Waals surface area contributed by atoms with Crippen molar-refractivity contribution in [2.45, 2.75) is 13.5 Å². The van der Waals surface area contributed by atoms with Crippen LogP contribution >= 0.6 is 35.0 Å². The predicted octanol–water partition coefficient (Wildman–Crippen LogP) is 7.28. The Kier molecular flexibility index (Phi) is 7.37. The van der Waals surface area contributed by atoms with Crippen LogP contribution in [0.1, 0.15) is 23.6 Å². The average molecular weight is 550 g/mol. The molecule has 0 atom stereocenters. The van der Waals surface area contributed by atoms with Crippen molar-refractivity contribution < 1.29 is 14.3 Å². The Labute approximate surface area is 228 Å². The average Bonchev–Trinajstić information content (AvgIpc) is 3.32. The third-order valence-corrected chi connectivity index (χ3v) is 7.21. The van der Waals surface area contributed by atoms with Crippen LogP contribution in [0.2, 0.25) is 10.0 Å². The number of benzene rings is 3. The topological polar surface area (TPSA) is 75.0 Å². The van der Waals surface area contributed by atoms with Crippen molar-refractivity contribution in [1.29, 1.82) is 5.41 Å². The van der Waals surface area contributed by atoms with Gasteiger partial charge in [0, 0.05) is 5.41 Å². The molecule has 3 aromatic rings. The fourth-order valence-corrected chi connectivity index (χ4v) is 5.08. The molecule has 0 saturated heterocycles. The Hall–Kier alpha value is -3.52. The van der Waals surface area contributed by atoms with E-state index in [1.165, 1.54) is 11.8 Å². The third-order valence-electron chi connectivity index (χ3n) is 5.64. The van der Waals surface area contributed by atoms with Crippen LogP contribution in [0.3, 0.4) is 0 Å². The van der Waals surface area contributed by atoms with Gasteiger partial charge in [0.15, 0.2) is 16.7 Å². The first kappa shape index (κ1) is 25.1. The van der Waals surface area contributed by atoms with Crippen molar-refractivity contribution in [3.05, 3.63) is 104 Å². The quantitative estimate of drug-likeness (QED) is 0.313. The van der Waals surface area contributed by atoms with Crippen LogP contribution in [-0.4, -0.2) is 28.4 Å². The van der Waals surface area contributed by atoms with E-state index in [1.54, 1.807) is 35.2 Å². The molecule has 0 aromatic heterocycles. The molecule has 2 heterocycles. The van der Waals surface area contributed by atoms with Gasteiger partial charge in [-0.1, -0.05) is 77.4 Å². The van der Waals surface area contributed by atoms with Crippen molar-refractivity contribution >= 4 is 63.6 Å². The van der Waals surface area contributed by atoms with E-state index < -0.39 is 5.91 Å². The summed E-state index contributed by atoms with van der Waals surface area (Å²) in [6, 6.07) is 20.4. The second kappa shape index (κ2) is 10.8. The lowest BCUT2D eigenvalue weighted by molar-refractivity contribution is -0.114. The number of carbonyl (C=O) groups excluding carboxylic acids is 1. The number of hydrogen-bond acceptors (Lipinski definition) is 5. The summed E-state index contributed by atoms with van der Waals surface area (Å²) in [6.07, 6.45) is 1.65. The number of thioether (sulfide) groups is 1. The number of amidine groups is 2. The molecule has 0 bridgehead atoms. The number of rotatable bonds is 7. The number of ether oxygens (including phenoxy) is 2. The smallest absolute Gasteiger partial charge is 0.283 e. The summed E-state index contributed by atoms with van der Waals surface area (Å²) in [5.41, 5.74) is 3.51. The SMILES string of the molecule is CCOc1cc(/C=C2\C(=N)N3C(c4ccccc4)=CSC3=NC2=O)ccc1OCc1ccc(Cl)c(Cl)c1. The molecule has 0 unspecified atom stereocenters. The molecule has 0 aliphatic carbocycles. The van der Waals surface area contributed by atoms with E-state index in [0.29, 0.717) is 38.9 Å². The summed E-state index contributed by atoms with van der Waals surface area (Å²) in [5.74, 6) is 0.695. The summed E-state index contributed by atoms with van der Waals surface area (Å²) < 4.78 is 11.8. The van der Waals surface area contributed by atoms with E-state index in [9.17, 15) is 4.79 Å².